The highest BCUT2D eigenvalue weighted by Crippen LogP contribution is 2.30. The van der Waals surface area contributed by atoms with Gasteiger partial charge in [0.2, 0.25) is 0 Å². The van der Waals surface area contributed by atoms with Gasteiger partial charge >= 0.3 is 0 Å². The number of hydrogen-bond donors (Lipinski definition) is 1. The molecule has 2 rings (SSSR count). The third-order valence-electron chi connectivity index (χ3n) is 2.76. The van der Waals surface area contributed by atoms with Gasteiger partial charge in [-0.05, 0) is 25.5 Å². The Morgan fingerprint density at radius 1 is 1.28 bits per heavy atom. The minimum absolute atomic E-state index is 0.643. The van der Waals surface area contributed by atoms with Gasteiger partial charge in [-0.25, -0.2) is 4.98 Å². The Hall–Kier alpha value is -1.68. The number of ether oxygens (including phenoxy) is 1. The molecule has 1 aromatic carbocycles. The van der Waals surface area contributed by atoms with Crippen molar-refractivity contribution in [3.8, 4) is 17.0 Å². The maximum Gasteiger partial charge on any atom is 0.133 e. The number of para-hydroxylation sites is 1. The van der Waals surface area contributed by atoms with Gasteiger partial charge in [0.25, 0.3) is 0 Å². The van der Waals surface area contributed by atoms with Crippen LogP contribution in [0.4, 0.5) is 0 Å². The average molecular weight is 260 g/mol. The highest BCUT2D eigenvalue weighted by molar-refractivity contribution is 7.71. The van der Waals surface area contributed by atoms with Gasteiger partial charge in [-0.2, -0.15) is 0 Å². The SMILES string of the molecule is CCOc1ccccc1-c1[nH]cnc(=S)c1CC. The first-order valence-corrected chi connectivity index (χ1v) is 6.47. The van der Waals surface area contributed by atoms with E-state index in [1.54, 1.807) is 6.33 Å². The Bertz CT molecular complexity index is 592. The number of nitrogens with one attached hydrogen (secondary N) is 1. The van der Waals surface area contributed by atoms with E-state index in [4.69, 9.17) is 17.0 Å². The molecule has 1 aromatic heterocycles. The van der Waals surface area contributed by atoms with E-state index in [0.717, 1.165) is 29.0 Å². The number of benzene rings is 1. The smallest absolute Gasteiger partial charge is 0.133 e. The molecule has 0 saturated carbocycles. The van der Waals surface area contributed by atoms with Gasteiger partial charge in [0.15, 0.2) is 0 Å². The molecule has 0 atom stereocenters. The molecular weight excluding hydrogens is 244 g/mol. The van der Waals surface area contributed by atoms with Crippen molar-refractivity contribution in [1.82, 2.24) is 9.97 Å². The molecule has 0 aliphatic heterocycles. The molecule has 4 heteroatoms. The molecule has 0 fully saturated rings. The van der Waals surface area contributed by atoms with E-state index in [0.29, 0.717) is 11.2 Å². The van der Waals surface area contributed by atoms with E-state index in [9.17, 15) is 0 Å². The zero-order valence-electron chi connectivity index (χ0n) is 10.6. The third-order valence-corrected chi connectivity index (χ3v) is 3.11. The maximum absolute atomic E-state index is 5.66. The average Bonchev–Trinajstić information content (AvgIpc) is 2.39. The van der Waals surface area contributed by atoms with Crippen LogP contribution in [0, 0.1) is 4.64 Å². The number of H-pyrrole nitrogens is 1. The predicted octanol–water partition coefficient (Wildman–Crippen LogP) is 3.77. The minimum Gasteiger partial charge on any atom is -0.493 e. The van der Waals surface area contributed by atoms with Crippen LogP contribution in [0.1, 0.15) is 19.4 Å². The normalized spacial score (nSPS) is 10.3. The summed E-state index contributed by atoms with van der Waals surface area (Å²) in [4.78, 5) is 7.32. The quantitative estimate of drug-likeness (QED) is 0.850. The molecule has 0 aliphatic carbocycles. The van der Waals surface area contributed by atoms with E-state index < -0.39 is 0 Å². The van der Waals surface area contributed by atoms with Gasteiger partial charge in [0.1, 0.15) is 10.4 Å². The molecule has 2 aromatic rings. The summed E-state index contributed by atoms with van der Waals surface area (Å²) in [5.41, 5.74) is 3.09. The summed E-state index contributed by atoms with van der Waals surface area (Å²) in [6.07, 6.45) is 2.48. The molecule has 0 saturated heterocycles. The molecule has 0 amide bonds. The maximum atomic E-state index is 5.66. The van der Waals surface area contributed by atoms with Crippen LogP contribution < -0.4 is 4.74 Å². The van der Waals surface area contributed by atoms with Gasteiger partial charge < -0.3 is 9.72 Å². The lowest BCUT2D eigenvalue weighted by Gasteiger charge is -2.12. The second-order valence-electron chi connectivity index (χ2n) is 3.84. The summed E-state index contributed by atoms with van der Waals surface area (Å²) in [6.45, 7) is 4.70. The fraction of sp³-hybridized carbons (Fsp3) is 0.286. The van der Waals surface area contributed by atoms with Crippen molar-refractivity contribution >= 4 is 12.2 Å². The molecule has 0 unspecified atom stereocenters. The fourth-order valence-corrected chi connectivity index (χ4v) is 2.25. The van der Waals surface area contributed by atoms with Crippen LogP contribution in [0.15, 0.2) is 30.6 Å². The fourth-order valence-electron chi connectivity index (χ4n) is 1.95. The molecule has 18 heavy (non-hydrogen) atoms. The zero-order chi connectivity index (χ0) is 13.0. The van der Waals surface area contributed by atoms with Crippen LogP contribution in [0.3, 0.4) is 0 Å². The van der Waals surface area contributed by atoms with Gasteiger partial charge in [0, 0.05) is 11.1 Å². The lowest BCUT2D eigenvalue weighted by Crippen LogP contribution is -1.99. The van der Waals surface area contributed by atoms with E-state index in [1.807, 2.05) is 31.2 Å². The summed E-state index contributed by atoms with van der Waals surface area (Å²) in [5.74, 6) is 0.867. The van der Waals surface area contributed by atoms with E-state index in [2.05, 4.69) is 16.9 Å². The molecule has 0 radical (unpaired) electrons. The molecule has 94 valence electrons. The monoisotopic (exact) mass is 260 g/mol. The topological polar surface area (TPSA) is 37.9 Å². The van der Waals surface area contributed by atoms with Crippen molar-refractivity contribution < 1.29 is 4.74 Å². The first-order valence-electron chi connectivity index (χ1n) is 6.06. The molecule has 0 spiro atoms. The number of aromatic nitrogens is 2. The number of hydrogen-bond acceptors (Lipinski definition) is 3. The summed E-state index contributed by atoms with van der Waals surface area (Å²) >= 11 is 5.27. The van der Waals surface area contributed by atoms with Crippen molar-refractivity contribution in [2.45, 2.75) is 20.3 Å². The molecule has 0 aliphatic rings. The van der Waals surface area contributed by atoms with Crippen LogP contribution in [0.25, 0.3) is 11.3 Å². The van der Waals surface area contributed by atoms with Crippen molar-refractivity contribution in [2.24, 2.45) is 0 Å². The van der Waals surface area contributed by atoms with Crippen molar-refractivity contribution in [1.29, 1.82) is 0 Å². The van der Waals surface area contributed by atoms with Crippen LogP contribution in [-0.4, -0.2) is 16.6 Å². The largest absolute Gasteiger partial charge is 0.493 e. The Labute approximate surface area is 112 Å². The second-order valence-corrected chi connectivity index (χ2v) is 4.23. The van der Waals surface area contributed by atoms with E-state index >= 15 is 0 Å². The molecule has 3 nitrogen and oxygen atoms in total. The van der Waals surface area contributed by atoms with Crippen molar-refractivity contribution in [3.05, 3.63) is 40.8 Å². The molecule has 1 heterocycles. The molecular formula is C14H16N2OS. The minimum atomic E-state index is 0.643. The van der Waals surface area contributed by atoms with Gasteiger partial charge in [-0.1, -0.05) is 31.3 Å². The van der Waals surface area contributed by atoms with Crippen molar-refractivity contribution in [2.75, 3.05) is 6.61 Å². The van der Waals surface area contributed by atoms with Crippen LogP contribution >= 0.6 is 12.2 Å². The highest BCUT2D eigenvalue weighted by atomic mass is 32.1. The van der Waals surface area contributed by atoms with Crippen LogP contribution in [0.2, 0.25) is 0 Å². The number of aromatic amines is 1. The summed E-state index contributed by atoms with van der Waals surface area (Å²) in [7, 11) is 0. The van der Waals surface area contributed by atoms with Gasteiger partial charge in [-0.15, -0.1) is 0 Å². The highest BCUT2D eigenvalue weighted by Gasteiger charge is 2.11. The Balaban J connectivity index is 2.62. The van der Waals surface area contributed by atoms with Crippen molar-refractivity contribution in [3.63, 3.8) is 0 Å². The number of rotatable bonds is 4. The third kappa shape index (κ3) is 2.43. The number of nitrogens with zero attached hydrogens (tertiary/aromatic N) is 1. The Kier molecular flexibility index (Phi) is 4.10. The Morgan fingerprint density at radius 3 is 2.78 bits per heavy atom. The first-order chi connectivity index (χ1) is 8.77. The molecule has 0 bridgehead atoms. The van der Waals surface area contributed by atoms with E-state index in [-0.39, 0.29) is 0 Å². The lowest BCUT2D eigenvalue weighted by atomic mass is 10.0. The molecule has 1 N–H and O–H groups in total. The second kappa shape index (κ2) is 5.78. The standard InChI is InChI=1S/C14H16N2OS/c1-3-10-13(15-9-16-14(10)18)11-7-5-6-8-12(11)17-4-2/h5-9H,3-4H2,1-2H3,(H,15,16,18). The first kappa shape index (κ1) is 12.8. The van der Waals surface area contributed by atoms with E-state index in [1.165, 1.54) is 0 Å². The Morgan fingerprint density at radius 2 is 2.06 bits per heavy atom. The predicted molar refractivity (Wildman–Crippen MR) is 75.4 cm³/mol. The van der Waals surface area contributed by atoms with Gasteiger partial charge in [0.05, 0.1) is 18.6 Å². The summed E-state index contributed by atoms with van der Waals surface area (Å²) in [5, 5.41) is 0. The summed E-state index contributed by atoms with van der Waals surface area (Å²) < 4.78 is 6.31. The zero-order valence-corrected chi connectivity index (χ0v) is 11.4. The van der Waals surface area contributed by atoms with Gasteiger partial charge in [-0.3, -0.25) is 0 Å². The van der Waals surface area contributed by atoms with Crippen LogP contribution in [-0.2, 0) is 6.42 Å². The summed E-state index contributed by atoms with van der Waals surface area (Å²) in [6, 6.07) is 7.96. The van der Waals surface area contributed by atoms with Crippen LogP contribution in [0.5, 0.6) is 5.75 Å². The lowest BCUT2D eigenvalue weighted by molar-refractivity contribution is 0.341.